The molecule has 0 amide bonds. The molecule has 0 saturated heterocycles. The van der Waals surface area contributed by atoms with Gasteiger partial charge in [-0.3, -0.25) is 0 Å². The third-order valence-electron chi connectivity index (χ3n) is 3.98. The van der Waals surface area contributed by atoms with E-state index in [1.54, 1.807) is 5.57 Å². The summed E-state index contributed by atoms with van der Waals surface area (Å²) in [7, 11) is 0. The average molecular weight is 294 g/mol. The summed E-state index contributed by atoms with van der Waals surface area (Å²) in [5.41, 5.74) is 3.04. The van der Waals surface area contributed by atoms with E-state index in [1.165, 1.54) is 48.3 Å². The van der Waals surface area contributed by atoms with Crippen molar-refractivity contribution >= 4 is 23.4 Å². The van der Waals surface area contributed by atoms with Crippen LogP contribution in [-0.2, 0) is 0 Å². The lowest BCUT2D eigenvalue weighted by Gasteiger charge is -2.26. The van der Waals surface area contributed by atoms with E-state index < -0.39 is 0 Å². The molecule has 1 aliphatic heterocycles. The Labute approximate surface area is 124 Å². The van der Waals surface area contributed by atoms with Crippen molar-refractivity contribution in [1.82, 2.24) is 5.32 Å². The Kier molecular flexibility index (Phi) is 4.52. The van der Waals surface area contributed by atoms with Crippen LogP contribution in [0.2, 0.25) is 5.02 Å². The number of hydrogen-bond donors (Lipinski definition) is 1. The number of rotatable bonds is 4. The second kappa shape index (κ2) is 6.34. The summed E-state index contributed by atoms with van der Waals surface area (Å²) in [5, 5.41) is 4.57. The highest BCUT2D eigenvalue weighted by Crippen LogP contribution is 2.37. The molecule has 0 bridgehead atoms. The van der Waals surface area contributed by atoms with E-state index in [-0.39, 0.29) is 0 Å². The molecule has 0 saturated carbocycles. The number of thioether (sulfide) groups is 1. The van der Waals surface area contributed by atoms with Crippen LogP contribution >= 0.6 is 23.4 Å². The van der Waals surface area contributed by atoms with Crippen LogP contribution in [0.3, 0.4) is 0 Å². The van der Waals surface area contributed by atoms with Gasteiger partial charge in [0.15, 0.2) is 0 Å². The number of nitrogens with one attached hydrogen (secondary N) is 1. The fraction of sp³-hybridized carbons (Fsp3) is 0.500. The van der Waals surface area contributed by atoms with Crippen molar-refractivity contribution in [1.29, 1.82) is 0 Å². The molecule has 1 atom stereocenters. The van der Waals surface area contributed by atoms with Gasteiger partial charge in [-0.15, -0.1) is 11.8 Å². The van der Waals surface area contributed by atoms with E-state index in [0.29, 0.717) is 6.04 Å². The highest BCUT2D eigenvalue weighted by molar-refractivity contribution is 7.99. The largest absolute Gasteiger partial charge is 0.310 e. The lowest BCUT2D eigenvalue weighted by atomic mass is 10.0. The summed E-state index contributed by atoms with van der Waals surface area (Å²) in [6, 6.07) is 6.78. The van der Waals surface area contributed by atoms with E-state index in [4.69, 9.17) is 11.6 Å². The van der Waals surface area contributed by atoms with Crippen molar-refractivity contribution in [2.75, 3.05) is 12.3 Å². The van der Waals surface area contributed by atoms with Gasteiger partial charge < -0.3 is 5.32 Å². The van der Waals surface area contributed by atoms with Gasteiger partial charge in [0.25, 0.3) is 0 Å². The Bertz CT molecular complexity index is 484. The molecule has 0 aromatic heterocycles. The Hall–Kier alpha value is -0.440. The van der Waals surface area contributed by atoms with Gasteiger partial charge in [-0.25, -0.2) is 0 Å². The molecular weight excluding hydrogens is 274 g/mol. The molecule has 1 nitrogen and oxygen atoms in total. The summed E-state index contributed by atoms with van der Waals surface area (Å²) in [6.45, 7) is 1.09. The van der Waals surface area contributed by atoms with Crippen molar-refractivity contribution < 1.29 is 0 Å². The van der Waals surface area contributed by atoms with Gasteiger partial charge in [-0.1, -0.05) is 23.3 Å². The Balaban J connectivity index is 1.61. The minimum Gasteiger partial charge on any atom is -0.310 e. The molecule has 1 aliphatic carbocycles. The maximum Gasteiger partial charge on any atom is 0.0410 e. The van der Waals surface area contributed by atoms with Crippen LogP contribution in [0.15, 0.2) is 34.7 Å². The van der Waals surface area contributed by atoms with Gasteiger partial charge >= 0.3 is 0 Å². The van der Waals surface area contributed by atoms with E-state index in [0.717, 1.165) is 11.6 Å². The highest BCUT2D eigenvalue weighted by Gasteiger charge is 2.20. The third-order valence-corrected chi connectivity index (χ3v) is 5.34. The predicted molar refractivity (Wildman–Crippen MR) is 84.1 cm³/mol. The smallest absolute Gasteiger partial charge is 0.0410 e. The molecule has 0 fully saturated rings. The number of fused-ring (bicyclic) bond motifs is 1. The Morgan fingerprint density at radius 3 is 3.16 bits per heavy atom. The van der Waals surface area contributed by atoms with Gasteiger partial charge in [-0.05, 0) is 68.2 Å². The third kappa shape index (κ3) is 3.36. The zero-order valence-electron chi connectivity index (χ0n) is 11.1. The summed E-state index contributed by atoms with van der Waals surface area (Å²) in [4.78, 5) is 1.40. The molecular formula is C16H20ClNS. The summed E-state index contributed by atoms with van der Waals surface area (Å²) >= 11 is 8.08. The molecule has 19 heavy (non-hydrogen) atoms. The summed E-state index contributed by atoms with van der Waals surface area (Å²) in [6.07, 6.45) is 8.78. The molecule has 102 valence electrons. The van der Waals surface area contributed by atoms with Crippen LogP contribution in [0, 0.1) is 0 Å². The molecule has 1 heterocycles. The molecule has 3 heteroatoms. The minimum absolute atomic E-state index is 0.483. The lowest BCUT2D eigenvalue weighted by molar-refractivity contribution is 0.512. The van der Waals surface area contributed by atoms with Crippen LogP contribution in [0.25, 0.3) is 0 Å². The Morgan fingerprint density at radius 1 is 1.37 bits per heavy atom. The fourth-order valence-electron chi connectivity index (χ4n) is 2.95. The molecule has 3 rings (SSSR count). The first-order valence-electron chi connectivity index (χ1n) is 7.16. The van der Waals surface area contributed by atoms with Crippen molar-refractivity contribution in [2.24, 2.45) is 0 Å². The van der Waals surface area contributed by atoms with Crippen molar-refractivity contribution in [3.63, 3.8) is 0 Å². The monoisotopic (exact) mass is 293 g/mol. The van der Waals surface area contributed by atoms with E-state index in [2.05, 4.69) is 23.5 Å². The molecule has 0 spiro atoms. The molecule has 2 aliphatic rings. The van der Waals surface area contributed by atoms with E-state index >= 15 is 0 Å². The van der Waals surface area contributed by atoms with E-state index in [9.17, 15) is 0 Å². The minimum atomic E-state index is 0.483. The number of allylic oxidation sites excluding steroid dienone is 1. The average Bonchev–Trinajstić information content (AvgIpc) is 2.92. The molecule has 1 unspecified atom stereocenters. The first-order chi connectivity index (χ1) is 9.33. The van der Waals surface area contributed by atoms with Crippen LogP contribution in [0.4, 0.5) is 0 Å². The van der Waals surface area contributed by atoms with Crippen LogP contribution in [0.1, 0.15) is 43.7 Å². The number of hydrogen-bond acceptors (Lipinski definition) is 2. The SMILES string of the molecule is Clc1ccc2c(c1)C(NCCC1=CCCC1)CCS2. The van der Waals surface area contributed by atoms with Crippen LogP contribution < -0.4 is 5.32 Å². The highest BCUT2D eigenvalue weighted by atomic mass is 35.5. The van der Waals surface area contributed by atoms with E-state index in [1.807, 2.05) is 17.8 Å². The number of halogens is 1. The van der Waals surface area contributed by atoms with Crippen LogP contribution in [-0.4, -0.2) is 12.3 Å². The van der Waals surface area contributed by atoms with Crippen LogP contribution in [0.5, 0.6) is 0 Å². The van der Waals surface area contributed by atoms with Gasteiger partial charge in [0.1, 0.15) is 0 Å². The normalized spacial score (nSPS) is 22.2. The van der Waals surface area contributed by atoms with Gasteiger partial charge in [0.05, 0.1) is 0 Å². The molecule has 1 aromatic rings. The first kappa shape index (κ1) is 13.5. The predicted octanol–water partition coefficient (Wildman–Crippen LogP) is 4.97. The first-order valence-corrected chi connectivity index (χ1v) is 8.53. The van der Waals surface area contributed by atoms with Crippen molar-refractivity contribution in [3.05, 3.63) is 40.4 Å². The summed E-state index contributed by atoms with van der Waals surface area (Å²) < 4.78 is 0. The zero-order valence-corrected chi connectivity index (χ0v) is 12.7. The van der Waals surface area contributed by atoms with Crippen molar-refractivity contribution in [2.45, 2.75) is 43.0 Å². The second-order valence-corrected chi connectivity index (χ2v) is 6.90. The van der Waals surface area contributed by atoms with Crippen molar-refractivity contribution in [3.8, 4) is 0 Å². The standard InChI is InChI=1S/C16H20ClNS/c17-13-5-6-16-14(11-13)15(8-10-19-16)18-9-7-12-3-1-2-4-12/h3,5-6,11,15,18H,1-2,4,7-10H2. The maximum atomic E-state index is 6.13. The zero-order chi connectivity index (χ0) is 13.1. The maximum absolute atomic E-state index is 6.13. The van der Waals surface area contributed by atoms with Gasteiger partial charge in [0, 0.05) is 16.0 Å². The fourth-order valence-corrected chi connectivity index (χ4v) is 4.23. The summed E-state index contributed by atoms with van der Waals surface area (Å²) in [5.74, 6) is 1.20. The molecule has 1 N–H and O–H groups in total. The molecule has 0 radical (unpaired) electrons. The number of benzene rings is 1. The second-order valence-electron chi connectivity index (χ2n) is 5.33. The quantitative estimate of drug-likeness (QED) is 0.787. The van der Waals surface area contributed by atoms with Gasteiger partial charge in [-0.2, -0.15) is 0 Å². The molecule has 1 aromatic carbocycles. The lowest BCUT2D eigenvalue weighted by Crippen LogP contribution is -2.25. The Morgan fingerprint density at radius 2 is 2.32 bits per heavy atom. The van der Waals surface area contributed by atoms with Gasteiger partial charge in [0.2, 0.25) is 0 Å². The topological polar surface area (TPSA) is 12.0 Å².